The van der Waals surface area contributed by atoms with Crippen LogP contribution in [0, 0.1) is 6.92 Å². The van der Waals surface area contributed by atoms with E-state index >= 15 is 0 Å². The SMILES string of the molecule is Cc1ccccc1CNC(=O)Cn1c(=O)cnc2ccccc21. The molecule has 1 heterocycles. The minimum atomic E-state index is -0.283. The van der Waals surface area contributed by atoms with Gasteiger partial charge in [-0.1, -0.05) is 36.4 Å². The van der Waals surface area contributed by atoms with Crippen LogP contribution in [0.4, 0.5) is 0 Å². The van der Waals surface area contributed by atoms with Crippen molar-refractivity contribution >= 4 is 16.9 Å². The van der Waals surface area contributed by atoms with Crippen molar-refractivity contribution in [2.45, 2.75) is 20.0 Å². The van der Waals surface area contributed by atoms with Crippen molar-refractivity contribution in [3.8, 4) is 0 Å². The lowest BCUT2D eigenvalue weighted by Crippen LogP contribution is -2.32. The molecule has 5 nitrogen and oxygen atoms in total. The number of hydrogen-bond acceptors (Lipinski definition) is 3. The fourth-order valence-corrected chi connectivity index (χ4v) is 2.48. The number of carbonyl (C=O) groups is 1. The fraction of sp³-hybridized carbons (Fsp3) is 0.167. The van der Waals surface area contributed by atoms with Crippen molar-refractivity contribution in [2.75, 3.05) is 0 Å². The van der Waals surface area contributed by atoms with Gasteiger partial charge in [-0.15, -0.1) is 0 Å². The highest BCUT2D eigenvalue weighted by atomic mass is 16.2. The minimum absolute atomic E-state index is 0.0201. The van der Waals surface area contributed by atoms with Crippen molar-refractivity contribution in [3.05, 3.63) is 76.2 Å². The Morgan fingerprint density at radius 1 is 1.13 bits per heavy atom. The van der Waals surface area contributed by atoms with Gasteiger partial charge in [0.2, 0.25) is 5.91 Å². The van der Waals surface area contributed by atoms with Crippen molar-refractivity contribution in [1.82, 2.24) is 14.9 Å². The zero-order valence-corrected chi connectivity index (χ0v) is 12.8. The topological polar surface area (TPSA) is 64.0 Å². The molecule has 1 aromatic heterocycles. The molecule has 0 radical (unpaired) electrons. The third-order valence-electron chi connectivity index (χ3n) is 3.79. The summed E-state index contributed by atoms with van der Waals surface area (Å²) in [6.07, 6.45) is 1.25. The van der Waals surface area contributed by atoms with Crippen LogP contribution in [0.2, 0.25) is 0 Å². The van der Waals surface area contributed by atoms with Crippen LogP contribution in [0.3, 0.4) is 0 Å². The van der Waals surface area contributed by atoms with Crippen LogP contribution in [0.15, 0.2) is 59.5 Å². The zero-order valence-electron chi connectivity index (χ0n) is 12.8. The Bertz CT molecular complexity index is 915. The maximum Gasteiger partial charge on any atom is 0.269 e. The van der Waals surface area contributed by atoms with Gasteiger partial charge in [-0.25, -0.2) is 4.98 Å². The van der Waals surface area contributed by atoms with E-state index in [0.29, 0.717) is 17.6 Å². The van der Waals surface area contributed by atoms with Gasteiger partial charge in [-0.2, -0.15) is 0 Å². The number of nitrogens with one attached hydrogen (secondary N) is 1. The highest BCUT2D eigenvalue weighted by Crippen LogP contribution is 2.08. The van der Waals surface area contributed by atoms with Crippen LogP contribution >= 0.6 is 0 Å². The third-order valence-corrected chi connectivity index (χ3v) is 3.79. The first kappa shape index (κ1) is 15.0. The smallest absolute Gasteiger partial charge is 0.269 e. The number of amides is 1. The second kappa shape index (κ2) is 6.44. The molecule has 1 amide bonds. The molecule has 5 heteroatoms. The number of aromatic nitrogens is 2. The molecule has 0 fully saturated rings. The number of rotatable bonds is 4. The van der Waals surface area contributed by atoms with Crippen LogP contribution < -0.4 is 10.9 Å². The lowest BCUT2D eigenvalue weighted by atomic mass is 10.1. The van der Waals surface area contributed by atoms with Gasteiger partial charge in [0.25, 0.3) is 5.56 Å². The lowest BCUT2D eigenvalue weighted by molar-refractivity contribution is -0.121. The Kier molecular flexibility index (Phi) is 4.19. The molecule has 0 saturated carbocycles. The number of carbonyl (C=O) groups excluding carboxylic acids is 1. The predicted molar refractivity (Wildman–Crippen MR) is 89.0 cm³/mol. The molecule has 0 spiro atoms. The van der Waals surface area contributed by atoms with Gasteiger partial charge in [0.05, 0.1) is 17.2 Å². The second-order valence-electron chi connectivity index (χ2n) is 5.37. The monoisotopic (exact) mass is 307 g/mol. The summed E-state index contributed by atoms with van der Waals surface area (Å²) in [6.45, 7) is 2.43. The molecule has 0 aliphatic heterocycles. The zero-order chi connectivity index (χ0) is 16.2. The van der Waals surface area contributed by atoms with Crippen LogP contribution in [0.25, 0.3) is 11.0 Å². The number of aryl methyl sites for hydroxylation is 1. The minimum Gasteiger partial charge on any atom is -0.350 e. The Hall–Kier alpha value is -2.95. The van der Waals surface area contributed by atoms with Gasteiger partial charge in [0, 0.05) is 6.54 Å². The van der Waals surface area contributed by atoms with E-state index in [0.717, 1.165) is 11.1 Å². The first-order chi connectivity index (χ1) is 11.1. The average Bonchev–Trinajstić information content (AvgIpc) is 2.57. The van der Waals surface area contributed by atoms with Gasteiger partial charge >= 0.3 is 0 Å². The molecule has 3 rings (SSSR count). The van der Waals surface area contributed by atoms with Gasteiger partial charge in [0.15, 0.2) is 0 Å². The van der Waals surface area contributed by atoms with Gasteiger partial charge in [-0.05, 0) is 30.2 Å². The normalized spacial score (nSPS) is 10.7. The van der Waals surface area contributed by atoms with E-state index in [4.69, 9.17) is 0 Å². The summed E-state index contributed by atoms with van der Waals surface area (Å²) < 4.78 is 1.44. The highest BCUT2D eigenvalue weighted by molar-refractivity contribution is 5.79. The van der Waals surface area contributed by atoms with E-state index in [1.54, 1.807) is 6.07 Å². The molecule has 1 N–H and O–H groups in total. The number of nitrogens with zero attached hydrogens (tertiary/aromatic N) is 2. The maximum absolute atomic E-state index is 12.2. The summed E-state index contributed by atoms with van der Waals surface area (Å²) in [5.74, 6) is -0.202. The summed E-state index contributed by atoms with van der Waals surface area (Å²) in [7, 11) is 0. The Labute approximate surface area is 133 Å². The number of fused-ring (bicyclic) bond motifs is 1. The molecule has 0 saturated heterocycles. The molecule has 2 aromatic carbocycles. The Morgan fingerprint density at radius 2 is 1.87 bits per heavy atom. The molecular formula is C18H17N3O2. The summed E-state index contributed by atoms with van der Waals surface area (Å²) >= 11 is 0. The van der Waals surface area contributed by atoms with E-state index in [-0.39, 0.29) is 18.0 Å². The number of para-hydroxylation sites is 2. The highest BCUT2D eigenvalue weighted by Gasteiger charge is 2.09. The molecule has 0 aliphatic carbocycles. The maximum atomic E-state index is 12.2. The summed E-state index contributed by atoms with van der Waals surface area (Å²) in [5.41, 5.74) is 3.26. The largest absolute Gasteiger partial charge is 0.350 e. The number of benzene rings is 2. The van der Waals surface area contributed by atoms with Crippen LogP contribution in [0.1, 0.15) is 11.1 Å². The molecular weight excluding hydrogens is 290 g/mol. The summed E-state index contributed by atoms with van der Waals surface area (Å²) in [4.78, 5) is 28.3. The van der Waals surface area contributed by atoms with Gasteiger partial charge in [0.1, 0.15) is 6.54 Å². The van der Waals surface area contributed by atoms with Gasteiger partial charge < -0.3 is 5.32 Å². The van der Waals surface area contributed by atoms with Crippen molar-refractivity contribution in [1.29, 1.82) is 0 Å². The van der Waals surface area contributed by atoms with Crippen molar-refractivity contribution < 1.29 is 4.79 Å². The Morgan fingerprint density at radius 3 is 2.70 bits per heavy atom. The third kappa shape index (κ3) is 3.29. The van der Waals surface area contributed by atoms with Crippen molar-refractivity contribution in [2.24, 2.45) is 0 Å². The number of hydrogen-bond donors (Lipinski definition) is 1. The molecule has 3 aromatic rings. The van der Waals surface area contributed by atoms with Crippen LogP contribution in [0.5, 0.6) is 0 Å². The predicted octanol–water partition coefficient (Wildman–Crippen LogP) is 2.02. The van der Waals surface area contributed by atoms with E-state index in [9.17, 15) is 9.59 Å². The quantitative estimate of drug-likeness (QED) is 0.802. The molecule has 23 heavy (non-hydrogen) atoms. The fourth-order valence-electron chi connectivity index (χ4n) is 2.48. The van der Waals surface area contributed by atoms with E-state index in [1.165, 1.54) is 10.8 Å². The summed E-state index contributed by atoms with van der Waals surface area (Å²) in [6, 6.07) is 15.2. The molecule has 0 unspecified atom stereocenters. The van der Waals surface area contributed by atoms with E-state index in [1.807, 2.05) is 49.4 Å². The molecule has 116 valence electrons. The molecule has 0 aliphatic rings. The summed E-state index contributed by atoms with van der Waals surface area (Å²) in [5, 5.41) is 2.86. The van der Waals surface area contributed by atoms with Gasteiger partial charge in [-0.3, -0.25) is 14.2 Å². The van der Waals surface area contributed by atoms with E-state index < -0.39 is 0 Å². The first-order valence-electron chi connectivity index (χ1n) is 7.41. The van der Waals surface area contributed by atoms with E-state index in [2.05, 4.69) is 10.3 Å². The van der Waals surface area contributed by atoms with Crippen LogP contribution in [-0.4, -0.2) is 15.5 Å². The second-order valence-corrected chi connectivity index (χ2v) is 5.37. The first-order valence-corrected chi connectivity index (χ1v) is 7.41. The molecule has 0 bridgehead atoms. The Balaban J connectivity index is 1.77. The van der Waals surface area contributed by atoms with Crippen LogP contribution in [-0.2, 0) is 17.9 Å². The van der Waals surface area contributed by atoms with Crippen molar-refractivity contribution in [3.63, 3.8) is 0 Å². The standard InChI is InChI=1S/C18H17N3O2/c1-13-6-2-3-7-14(13)10-20-17(22)12-21-16-9-5-4-8-15(16)19-11-18(21)23/h2-9,11H,10,12H2,1H3,(H,20,22). The lowest BCUT2D eigenvalue weighted by Gasteiger charge is -2.11. The average molecular weight is 307 g/mol. The molecule has 0 atom stereocenters.